The summed E-state index contributed by atoms with van der Waals surface area (Å²) in [6.07, 6.45) is 6.55. The van der Waals surface area contributed by atoms with Gasteiger partial charge in [0.15, 0.2) is 0 Å². The van der Waals surface area contributed by atoms with Crippen molar-refractivity contribution < 1.29 is 4.79 Å². The second-order valence-electron chi connectivity index (χ2n) is 6.30. The minimum absolute atomic E-state index is 0.0176. The molecular formula is C19H22ClN3O. The Morgan fingerprint density at radius 3 is 2.88 bits per heavy atom. The molecular weight excluding hydrogens is 322 g/mol. The van der Waals surface area contributed by atoms with Crippen molar-refractivity contribution in [3.05, 3.63) is 57.9 Å². The number of hydrogen-bond donors (Lipinski definition) is 0. The van der Waals surface area contributed by atoms with E-state index in [0.29, 0.717) is 5.15 Å². The van der Waals surface area contributed by atoms with Crippen molar-refractivity contribution in [2.45, 2.75) is 32.2 Å². The zero-order valence-electron chi connectivity index (χ0n) is 14.3. The fourth-order valence-corrected chi connectivity index (χ4v) is 3.63. The van der Waals surface area contributed by atoms with E-state index in [9.17, 15) is 4.79 Å². The number of fused-ring (bicyclic) bond motifs is 1. The third-order valence-electron chi connectivity index (χ3n) is 4.74. The van der Waals surface area contributed by atoms with Crippen LogP contribution in [-0.2, 0) is 18.3 Å². The summed E-state index contributed by atoms with van der Waals surface area (Å²) < 4.78 is 1.61. The number of amides is 1. The summed E-state index contributed by atoms with van der Waals surface area (Å²) in [7, 11) is 3.66. The molecule has 1 unspecified atom stereocenters. The fraction of sp³-hybridized carbons (Fsp3) is 0.368. The number of aromatic nitrogens is 2. The summed E-state index contributed by atoms with van der Waals surface area (Å²) in [5.41, 5.74) is 4.23. The smallest absolute Gasteiger partial charge is 0.246 e. The Hall–Kier alpha value is -2.07. The minimum Gasteiger partial charge on any atom is -0.335 e. The molecule has 0 radical (unpaired) electrons. The van der Waals surface area contributed by atoms with Crippen LogP contribution in [0.1, 0.15) is 41.3 Å². The van der Waals surface area contributed by atoms with Crippen LogP contribution in [0.3, 0.4) is 0 Å². The standard InChI is InChI=1S/C19H22ClN3O/c1-13-15(19(20)23(3)21-13)11-12-18(24)22(2)17-10-6-8-14-7-4-5-9-16(14)17/h4-5,7,9,11-12,17H,6,8,10H2,1-3H3. The van der Waals surface area contributed by atoms with Gasteiger partial charge in [-0.25, -0.2) is 0 Å². The molecule has 126 valence electrons. The average molecular weight is 344 g/mol. The number of rotatable bonds is 3. The number of hydrogen-bond acceptors (Lipinski definition) is 2. The van der Waals surface area contributed by atoms with E-state index in [-0.39, 0.29) is 11.9 Å². The van der Waals surface area contributed by atoms with Crippen molar-refractivity contribution in [2.24, 2.45) is 7.05 Å². The van der Waals surface area contributed by atoms with Crippen molar-refractivity contribution in [3.8, 4) is 0 Å². The van der Waals surface area contributed by atoms with Crippen molar-refractivity contribution in [2.75, 3.05) is 7.05 Å². The van der Waals surface area contributed by atoms with E-state index < -0.39 is 0 Å². The quantitative estimate of drug-likeness (QED) is 0.792. The predicted octanol–water partition coefficient (Wildman–Crippen LogP) is 3.93. The highest BCUT2D eigenvalue weighted by molar-refractivity contribution is 6.31. The first-order chi connectivity index (χ1) is 11.5. The van der Waals surface area contributed by atoms with Crippen molar-refractivity contribution >= 4 is 23.6 Å². The number of carbonyl (C=O) groups is 1. The van der Waals surface area contributed by atoms with E-state index in [1.165, 1.54) is 11.1 Å². The van der Waals surface area contributed by atoms with Crippen LogP contribution in [0.15, 0.2) is 30.3 Å². The van der Waals surface area contributed by atoms with E-state index in [4.69, 9.17) is 11.6 Å². The molecule has 1 heterocycles. The normalized spacial score (nSPS) is 17.1. The molecule has 2 aromatic rings. The Kier molecular flexibility index (Phi) is 4.76. The molecule has 0 spiro atoms. The van der Waals surface area contributed by atoms with Crippen LogP contribution in [0.5, 0.6) is 0 Å². The molecule has 1 amide bonds. The van der Waals surface area contributed by atoms with Crippen LogP contribution in [-0.4, -0.2) is 27.6 Å². The first-order valence-corrected chi connectivity index (χ1v) is 8.58. The molecule has 0 saturated carbocycles. The van der Waals surface area contributed by atoms with Crippen molar-refractivity contribution in [1.82, 2.24) is 14.7 Å². The van der Waals surface area contributed by atoms with Gasteiger partial charge in [0, 0.05) is 25.7 Å². The molecule has 24 heavy (non-hydrogen) atoms. The molecule has 3 rings (SSSR count). The van der Waals surface area contributed by atoms with E-state index in [0.717, 1.165) is 30.5 Å². The molecule has 0 fully saturated rings. The summed E-state index contributed by atoms with van der Waals surface area (Å²) in [6, 6.07) is 8.54. The SMILES string of the molecule is Cc1nn(C)c(Cl)c1C=CC(=O)N(C)C1CCCc2ccccc21. The largest absolute Gasteiger partial charge is 0.335 e. The number of carbonyl (C=O) groups excluding carboxylic acids is 1. The molecule has 1 atom stereocenters. The van der Waals surface area contributed by atoms with Crippen LogP contribution >= 0.6 is 11.6 Å². The van der Waals surface area contributed by atoms with Crippen LogP contribution in [0, 0.1) is 6.92 Å². The monoisotopic (exact) mass is 343 g/mol. The minimum atomic E-state index is -0.0176. The summed E-state index contributed by atoms with van der Waals surface area (Å²) in [4.78, 5) is 14.5. The number of aryl methyl sites for hydroxylation is 3. The lowest BCUT2D eigenvalue weighted by atomic mass is 9.87. The number of nitrogens with zero attached hydrogens (tertiary/aromatic N) is 3. The molecule has 0 saturated heterocycles. The molecule has 1 aliphatic carbocycles. The van der Waals surface area contributed by atoms with E-state index in [2.05, 4.69) is 23.3 Å². The molecule has 0 bridgehead atoms. The number of benzene rings is 1. The summed E-state index contributed by atoms with van der Waals surface area (Å²) in [5.74, 6) is -0.0176. The van der Waals surface area contributed by atoms with Gasteiger partial charge in [0.2, 0.25) is 5.91 Å². The molecule has 0 N–H and O–H groups in total. The third kappa shape index (κ3) is 3.11. The second-order valence-corrected chi connectivity index (χ2v) is 6.66. The summed E-state index contributed by atoms with van der Waals surface area (Å²) in [6.45, 7) is 1.89. The highest BCUT2D eigenvalue weighted by Crippen LogP contribution is 2.33. The van der Waals surface area contributed by atoms with E-state index >= 15 is 0 Å². The van der Waals surface area contributed by atoms with Crippen LogP contribution < -0.4 is 0 Å². The van der Waals surface area contributed by atoms with Gasteiger partial charge in [0.05, 0.1) is 11.7 Å². The van der Waals surface area contributed by atoms with Gasteiger partial charge in [-0.15, -0.1) is 0 Å². The van der Waals surface area contributed by atoms with Gasteiger partial charge in [-0.1, -0.05) is 35.9 Å². The van der Waals surface area contributed by atoms with Gasteiger partial charge in [-0.05, 0) is 43.4 Å². The maximum Gasteiger partial charge on any atom is 0.246 e. The topological polar surface area (TPSA) is 38.1 Å². The van der Waals surface area contributed by atoms with Crippen LogP contribution in [0.2, 0.25) is 5.15 Å². The maximum absolute atomic E-state index is 12.6. The molecule has 0 aliphatic heterocycles. The van der Waals surface area contributed by atoms with Gasteiger partial charge in [-0.3, -0.25) is 9.48 Å². The first kappa shape index (κ1) is 16.8. The summed E-state index contributed by atoms with van der Waals surface area (Å²) >= 11 is 6.22. The van der Waals surface area contributed by atoms with Crippen molar-refractivity contribution in [1.29, 1.82) is 0 Å². The maximum atomic E-state index is 12.6. The van der Waals surface area contributed by atoms with Crippen LogP contribution in [0.4, 0.5) is 0 Å². The lowest BCUT2D eigenvalue weighted by molar-refractivity contribution is -0.127. The van der Waals surface area contributed by atoms with Gasteiger partial charge in [0.25, 0.3) is 0 Å². The Labute approximate surface area is 147 Å². The average Bonchev–Trinajstić information content (AvgIpc) is 2.83. The Balaban J connectivity index is 1.80. The molecule has 1 aliphatic rings. The van der Waals surface area contributed by atoms with E-state index in [1.807, 2.05) is 24.9 Å². The fourth-order valence-electron chi connectivity index (χ4n) is 3.39. The molecule has 1 aromatic carbocycles. The second kappa shape index (κ2) is 6.81. The van der Waals surface area contributed by atoms with Gasteiger partial charge >= 0.3 is 0 Å². The van der Waals surface area contributed by atoms with Gasteiger partial charge in [0.1, 0.15) is 5.15 Å². The lowest BCUT2D eigenvalue weighted by Crippen LogP contribution is -2.32. The highest BCUT2D eigenvalue weighted by atomic mass is 35.5. The zero-order chi connectivity index (χ0) is 17.3. The first-order valence-electron chi connectivity index (χ1n) is 8.21. The Bertz CT molecular complexity index is 794. The van der Waals surface area contributed by atoms with Crippen molar-refractivity contribution in [3.63, 3.8) is 0 Å². The number of halogens is 1. The number of likely N-dealkylation sites (N-methyl/N-ethyl adjacent to an activating group) is 1. The highest BCUT2D eigenvalue weighted by Gasteiger charge is 2.25. The zero-order valence-corrected chi connectivity index (χ0v) is 15.0. The third-order valence-corrected chi connectivity index (χ3v) is 5.19. The van der Waals surface area contributed by atoms with Gasteiger partial charge in [-0.2, -0.15) is 5.10 Å². The molecule has 4 nitrogen and oxygen atoms in total. The van der Waals surface area contributed by atoms with E-state index in [1.54, 1.807) is 23.9 Å². The molecule has 5 heteroatoms. The molecule has 1 aromatic heterocycles. The van der Waals surface area contributed by atoms with Gasteiger partial charge < -0.3 is 4.90 Å². The summed E-state index contributed by atoms with van der Waals surface area (Å²) in [5, 5.41) is 4.81. The lowest BCUT2D eigenvalue weighted by Gasteiger charge is -2.32. The van der Waals surface area contributed by atoms with Crippen LogP contribution in [0.25, 0.3) is 6.08 Å². The Morgan fingerprint density at radius 2 is 2.17 bits per heavy atom. The Morgan fingerprint density at radius 1 is 1.42 bits per heavy atom. The predicted molar refractivity (Wildman–Crippen MR) is 96.9 cm³/mol.